The van der Waals surface area contributed by atoms with Crippen molar-refractivity contribution in [2.24, 2.45) is 0 Å². The van der Waals surface area contributed by atoms with Crippen molar-refractivity contribution in [3.63, 3.8) is 0 Å². The van der Waals surface area contributed by atoms with Gasteiger partial charge < -0.3 is 15.0 Å². The molecule has 6 heteroatoms. The van der Waals surface area contributed by atoms with Crippen LogP contribution in [-0.2, 0) is 4.79 Å². The fourth-order valence-electron chi connectivity index (χ4n) is 2.81. The van der Waals surface area contributed by atoms with Gasteiger partial charge in [0.2, 0.25) is 0 Å². The number of hydrogen-bond donors (Lipinski definition) is 1. The van der Waals surface area contributed by atoms with E-state index in [1.54, 1.807) is 25.1 Å². The molecule has 1 saturated heterocycles. The molecule has 1 aliphatic rings. The van der Waals surface area contributed by atoms with Gasteiger partial charge in [-0.05, 0) is 44.9 Å². The van der Waals surface area contributed by atoms with Crippen molar-refractivity contribution in [2.45, 2.75) is 51.7 Å². The molecule has 1 aromatic carbocycles. The molecule has 1 heterocycles. The molecule has 0 aliphatic carbocycles. The Balaban J connectivity index is 1.76. The van der Waals surface area contributed by atoms with Gasteiger partial charge in [-0.15, -0.1) is 0 Å². The van der Waals surface area contributed by atoms with Gasteiger partial charge in [0.1, 0.15) is 5.75 Å². The Labute approximate surface area is 154 Å². The molecule has 0 saturated carbocycles. The molecule has 1 atom stereocenters. The largest absolute Gasteiger partial charge is 0.481 e. The lowest BCUT2D eigenvalue weighted by molar-refractivity contribution is -0.128. The van der Waals surface area contributed by atoms with Crippen LogP contribution < -0.4 is 10.1 Å². The molecule has 0 spiro atoms. The summed E-state index contributed by atoms with van der Waals surface area (Å²) in [6, 6.07) is 5.23. The van der Waals surface area contributed by atoms with Crippen LogP contribution in [0.3, 0.4) is 0 Å². The Morgan fingerprint density at radius 2 is 2.04 bits per heavy atom. The summed E-state index contributed by atoms with van der Waals surface area (Å²) in [5.74, 6) is 0.453. The number of halogens is 2. The lowest BCUT2D eigenvalue weighted by atomic mass is 10.0. The summed E-state index contributed by atoms with van der Waals surface area (Å²) in [5.41, 5.74) is 0. The molecule has 24 heavy (non-hydrogen) atoms. The SMILES string of the molecule is CCCCN1CCC(NC(=O)C(C)Oc2ccc(Cl)c(Cl)c2)CC1. The maximum Gasteiger partial charge on any atom is 0.260 e. The number of piperidine rings is 1. The van der Waals surface area contributed by atoms with Gasteiger partial charge in [0, 0.05) is 25.2 Å². The third kappa shape index (κ3) is 5.83. The maximum absolute atomic E-state index is 12.3. The highest BCUT2D eigenvalue weighted by Crippen LogP contribution is 2.26. The van der Waals surface area contributed by atoms with Crippen LogP contribution in [0, 0.1) is 0 Å². The van der Waals surface area contributed by atoms with Crippen molar-refractivity contribution in [1.29, 1.82) is 0 Å². The zero-order valence-electron chi connectivity index (χ0n) is 14.4. The Bertz CT molecular complexity index is 546. The van der Waals surface area contributed by atoms with Gasteiger partial charge in [0.05, 0.1) is 10.0 Å². The van der Waals surface area contributed by atoms with Gasteiger partial charge in [-0.1, -0.05) is 36.5 Å². The molecular weight excluding hydrogens is 347 g/mol. The van der Waals surface area contributed by atoms with Crippen molar-refractivity contribution in [3.8, 4) is 5.75 Å². The molecule has 1 N–H and O–H groups in total. The molecule has 2 rings (SSSR count). The Kier molecular flexibility index (Phi) is 7.66. The Morgan fingerprint density at radius 1 is 1.33 bits per heavy atom. The molecule has 1 fully saturated rings. The van der Waals surface area contributed by atoms with Crippen LogP contribution in [0.4, 0.5) is 0 Å². The molecule has 1 aromatic rings. The fraction of sp³-hybridized carbons (Fsp3) is 0.611. The summed E-state index contributed by atoms with van der Waals surface area (Å²) in [6.45, 7) is 7.21. The lowest BCUT2D eigenvalue weighted by Crippen LogP contribution is -2.48. The smallest absolute Gasteiger partial charge is 0.260 e. The summed E-state index contributed by atoms with van der Waals surface area (Å²) in [6.07, 6.45) is 3.88. The minimum absolute atomic E-state index is 0.0897. The van der Waals surface area contributed by atoms with Gasteiger partial charge in [0.25, 0.3) is 5.91 Å². The fourth-order valence-corrected chi connectivity index (χ4v) is 3.10. The quantitative estimate of drug-likeness (QED) is 0.781. The summed E-state index contributed by atoms with van der Waals surface area (Å²) in [5, 5.41) is 3.98. The van der Waals surface area contributed by atoms with E-state index in [0.717, 1.165) is 32.5 Å². The predicted octanol–water partition coefficient (Wildman–Crippen LogP) is 4.14. The number of nitrogens with zero attached hydrogens (tertiary/aromatic N) is 1. The highest BCUT2D eigenvalue weighted by atomic mass is 35.5. The molecule has 0 bridgehead atoms. The van der Waals surface area contributed by atoms with Crippen molar-refractivity contribution < 1.29 is 9.53 Å². The average Bonchev–Trinajstić information content (AvgIpc) is 2.57. The first-order chi connectivity index (χ1) is 11.5. The second-order valence-electron chi connectivity index (χ2n) is 6.31. The minimum atomic E-state index is -0.569. The van der Waals surface area contributed by atoms with Gasteiger partial charge in [-0.2, -0.15) is 0 Å². The van der Waals surface area contributed by atoms with E-state index in [0.29, 0.717) is 15.8 Å². The highest BCUT2D eigenvalue weighted by molar-refractivity contribution is 6.42. The molecular formula is C18H26Cl2N2O2. The van der Waals surface area contributed by atoms with E-state index in [1.807, 2.05) is 0 Å². The van der Waals surface area contributed by atoms with Gasteiger partial charge in [-0.25, -0.2) is 0 Å². The summed E-state index contributed by atoms with van der Waals surface area (Å²) < 4.78 is 5.66. The van der Waals surface area contributed by atoms with Crippen molar-refractivity contribution >= 4 is 29.1 Å². The predicted molar refractivity (Wildman–Crippen MR) is 99.1 cm³/mol. The first-order valence-corrected chi connectivity index (χ1v) is 9.39. The lowest BCUT2D eigenvalue weighted by Gasteiger charge is -2.32. The number of hydrogen-bond acceptors (Lipinski definition) is 3. The summed E-state index contributed by atoms with van der Waals surface area (Å²) in [7, 11) is 0. The minimum Gasteiger partial charge on any atom is -0.481 e. The number of amides is 1. The van der Waals surface area contributed by atoms with Crippen molar-refractivity contribution in [1.82, 2.24) is 10.2 Å². The number of likely N-dealkylation sites (tertiary alicyclic amines) is 1. The monoisotopic (exact) mass is 372 g/mol. The van der Waals surface area contributed by atoms with E-state index in [4.69, 9.17) is 27.9 Å². The molecule has 1 unspecified atom stereocenters. The van der Waals surface area contributed by atoms with Crippen LogP contribution in [0.15, 0.2) is 18.2 Å². The number of carbonyl (C=O) groups excluding carboxylic acids is 1. The molecule has 1 aliphatic heterocycles. The van der Waals surface area contributed by atoms with E-state index in [9.17, 15) is 4.79 Å². The number of unbranched alkanes of at least 4 members (excludes halogenated alkanes) is 1. The molecule has 4 nitrogen and oxygen atoms in total. The van der Waals surface area contributed by atoms with Crippen LogP contribution in [0.1, 0.15) is 39.5 Å². The van der Waals surface area contributed by atoms with Crippen LogP contribution in [-0.4, -0.2) is 42.6 Å². The third-order valence-corrected chi connectivity index (χ3v) is 5.07. The number of rotatable bonds is 7. The molecule has 1 amide bonds. The van der Waals surface area contributed by atoms with E-state index in [2.05, 4.69) is 17.1 Å². The first kappa shape index (κ1) is 19.4. The topological polar surface area (TPSA) is 41.6 Å². The average molecular weight is 373 g/mol. The normalized spacial score (nSPS) is 17.5. The van der Waals surface area contributed by atoms with E-state index in [-0.39, 0.29) is 11.9 Å². The zero-order chi connectivity index (χ0) is 17.5. The molecule has 134 valence electrons. The standard InChI is InChI=1S/C18H26Cl2N2O2/c1-3-4-9-22-10-7-14(8-11-22)21-18(23)13(2)24-15-5-6-16(19)17(20)12-15/h5-6,12-14H,3-4,7-11H2,1-2H3,(H,21,23). The van der Waals surface area contributed by atoms with Crippen molar-refractivity contribution in [2.75, 3.05) is 19.6 Å². The van der Waals surface area contributed by atoms with Crippen LogP contribution in [0.2, 0.25) is 10.0 Å². The van der Waals surface area contributed by atoms with E-state index in [1.165, 1.54) is 12.8 Å². The van der Waals surface area contributed by atoms with E-state index < -0.39 is 6.10 Å². The molecule has 0 aromatic heterocycles. The maximum atomic E-state index is 12.3. The number of carbonyl (C=O) groups is 1. The second-order valence-corrected chi connectivity index (χ2v) is 7.13. The van der Waals surface area contributed by atoms with Gasteiger partial charge in [-0.3, -0.25) is 4.79 Å². The van der Waals surface area contributed by atoms with Crippen LogP contribution in [0.5, 0.6) is 5.75 Å². The third-order valence-electron chi connectivity index (χ3n) is 4.34. The summed E-state index contributed by atoms with van der Waals surface area (Å²) in [4.78, 5) is 14.8. The van der Waals surface area contributed by atoms with Gasteiger partial charge >= 0.3 is 0 Å². The van der Waals surface area contributed by atoms with Crippen LogP contribution in [0.25, 0.3) is 0 Å². The zero-order valence-corrected chi connectivity index (χ0v) is 15.9. The van der Waals surface area contributed by atoms with Gasteiger partial charge in [0.15, 0.2) is 6.10 Å². The van der Waals surface area contributed by atoms with E-state index >= 15 is 0 Å². The highest BCUT2D eigenvalue weighted by Gasteiger charge is 2.23. The van der Waals surface area contributed by atoms with Crippen LogP contribution >= 0.6 is 23.2 Å². The molecule has 0 radical (unpaired) electrons. The Hall–Kier alpha value is -0.970. The number of ether oxygens (including phenoxy) is 1. The Morgan fingerprint density at radius 3 is 2.67 bits per heavy atom. The second kappa shape index (κ2) is 9.50. The number of nitrogens with one attached hydrogen (secondary N) is 1. The first-order valence-electron chi connectivity index (χ1n) is 8.64. The van der Waals surface area contributed by atoms with Crippen molar-refractivity contribution in [3.05, 3.63) is 28.2 Å². The number of benzene rings is 1. The summed E-state index contributed by atoms with van der Waals surface area (Å²) >= 11 is 11.8.